The van der Waals surface area contributed by atoms with Crippen LogP contribution in [0.1, 0.15) is 35.3 Å². The van der Waals surface area contributed by atoms with Gasteiger partial charge in [0, 0.05) is 23.7 Å². The molecule has 1 aliphatic heterocycles. The van der Waals surface area contributed by atoms with Gasteiger partial charge in [-0.1, -0.05) is 31.5 Å². The van der Waals surface area contributed by atoms with E-state index in [1.165, 1.54) is 11.0 Å². The summed E-state index contributed by atoms with van der Waals surface area (Å²) >= 11 is 0. The van der Waals surface area contributed by atoms with Gasteiger partial charge in [-0.3, -0.25) is 9.59 Å². The average molecular weight is 372 g/mol. The van der Waals surface area contributed by atoms with E-state index in [-0.39, 0.29) is 30.0 Å². The third-order valence-electron chi connectivity index (χ3n) is 4.81. The van der Waals surface area contributed by atoms with Crippen LogP contribution in [0, 0.1) is 24.5 Å². The van der Waals surface area contributed by atoms with Crippen LogP contribution in [0.15, 0.2) is 36.4 Å². The van der Waals surface area contributed by atoms with Gasteiger partial charge in [-0.25, -0.2) is 8.78 Å². The monoisotopic (exact) mass is 372 g/mol. The van der Waals surface area contributed by atoms with Crippen molar-refractivity contribution >= 4 is 17.5 Å². The highest BCUT2D eigenvalue weighted by Crippen LogP contribution is 2.32. The summed E-state index contributed by atoms with van der Waals surface area (Å²) in [6.45, 7) is 5.83. The standard InChI is InChI=1S/C21H22F2N2O2/c1-12(2)19(24-20(26)14-6-4-13(3)5-7-14)21(27)25-9-8-16-17(23)10-15(22)11-18(16)25/h4-7,10-12,19H,8-9H2,1-3H3,(H,24,26). The Labute approximate surface area is 157 Å². The second-order valence-electron chi connectivity index (χ2n) is 7.19. The van der Waals surface area contributed by atoms with Crippen LogP contribution in [0.2, 0.25) is 0 Å². The number of hydrogen-bond acceptors (Lipinski definition) is 2. The van der Waals surface area contributed by atoms with E-state index in [9.17, 15) is 18.4 Å². The Balaban J connectivity index is 1.83. The zero-order valence-corrected chi connectivity index (χ0v) is 15.6. The Morgan fingerprint density at radius 2 is 1.78 bits per heavy atom. The van der Waals surface area contributed by atoms with E-state index in [1.807, 2.05) is 32.9 Å². The largest absolute Gasteiger partial charge is 0.340 e. The summed E-state index contributed by atoms with van der Waals surface area (Å²) in [4.78, 5) is 27.0. The van der Waals surface area contributed by atoms with Crippen molar-refractivity contribution in [3.8, 4) is 0 Å². The van der Waals surface area contributed by atoms with Gasteiger partial charge in [-0.15, -0.1) is 0 Å². The predicted molar refractivity (Wildman–Crippen MR) is 99.7 cm³/mol. The summed E-state index contributed by atoms with van der Waals surface area (Å²) in [6, 6.07) is 8.24. The SMILES string of the molecule is Cc1ccc(C(=O)NC(C(=O)N2CCc3c(F)cc(F)cc32)C(C)C)cc1. The van der Waals surface area contributed by atoms with Crippen molar-refractivity contribution < 1.29 is 18.4 Å². The first-order valence-electron chi connectivity index (χ1n) is 8.94. The molecule has 0 aliphatic carbocycles. The number of carbonyl (C=O) groups is 2. The summed E-state index contributed by atoms with van der Waals surface area (Å²) in [5.41, 5.74) is 2.06. The van der Waals surface area contributed by atoms with Gasteiger partial charge in [0.25, 0.3) is 5.91 Å². The number of aryl methyl sites for hydroxylation is 1. The molecule has 4 nitrogen and oxygen atoms in total. The van der Waals surface area contributed by atoms with Crippen LogP contribution in [-0.4, -0.2) is 24.4 Å². The molecule has 1 unspecified atom stereocenters. The van der Waals surface area contributed by atoms with Crippen molar-refractivity contribution in [1.29, 1.82) is 0 Å². The molecule has 0 radical (unpaired) electrons. The van der Waals surface area contributed by atoms with Gasteiger partial charge in [-0.05, 0) is 37.5 Å². The highest BCUT2D eigenvalue weighted by molar-refractivity contribution is 6.03. The van der Waals surface area contributed by atoms with Crippen LogP contribution in [0.5, 0.6) is 0 Å². The molecule has 0 fully saturated rings. The number of nitrogens with zero attached hydrogens (tertiary/aromatic N) is 1. The zero-order valence-electron chi connectivity index (χ0n) is 15.6. The molecule has 0 aromatic heterocycles. The minimum atomic E-state index is -0.795. The highest BCUT2D eigenvalue weighted by Gasteiger charge is 2.34. The van der Waals surface area contributed by atoms with E-state index in [1.54, 1.807) is 12.1 Å². The van der Waals surface area contributed by atoms with Gasteiger partial charge < -0.3 is 10.2 Å². The van der Waals surface area contributed by atoms with Gasteiger partial charge in [0.05, 0.1) is 5.69 Å². The Bertz CT molecular complexity index is 878. The molecule has 1 heterocycles. The van der Waals surface area contributed by atoms with Gasteiger partial charge in [0.1, 0.15) is 17.7 Å². The van der Waals surface area contributed by atoms with Crippen LogP contribution in [0.25, 0.3) is 0 Å². The fraction of sp³-hybridized carbons (Fsp3) is 0.333. The van der Waals surface area contributed by atoms with Gasteiger partial charge in [-0.2, -0.15) is 0 Å². The van der Waals surface area contributed by atoms with Crippen LogP contribution >= 0.6 is 0 Å². The van der Waals surface area contributed by atoms with Crippen LogP contribution in [-0.2, 0) is 11.2 Å². The average Bonchev–Trinajstić information content (AvgIpc) is 3.03. The second-order valence-corrected chi connectivity index (χ2v) is 7.19. The number of benzene rings is 2. The third kappa shape index (κ3) is 3.84. The number of amides is 2. The van der Waals surface area contributed by atoms with Gasteiger partial charge in [0.2, 0.25) is 5.91 Å². The lowest BCUT2D eigenvalue weighted by Gasteiger charge is -2.27. The van der Waals surface area contributed by atoms with E-state index in [0.717, 1.165) is 11.6 Å². The number of nitrogens with one attached hydrogen (secondary N) is 1. The van der Waals surface area contributed by atoms with Crippen LogP contribution in [0.3, 0.4) is 0 Å². The molecule has 2 aromatic rings. The second kappa shape index (κ2) is 7.47. The summed E-state index contributed by atoms with van der Waals surface area (Å²) in [6.07, 6.45) is 0.323. The summed E-state index contributed by atoms with van der Waals surface area (Å²) < 4.78 is 27.6. The third-order valence-corrected chi connectivity index (χ3v) is 4.81. The van der Waals surface area contributed by atoms with Crippen molar-refractivity contribution in [3.05, 3.63) is 64.7 Å². The normalized spacial score (nSPS) is 14.2. The lowest BCUT2D eigenvalue weighted by atomic mass is 10.0. The molecule has 1 aliphatic rings. The lowest BCUT2D eigenvalue weighted by Crippen LogP contribution is -2.51. The first-order chi connectivity index (χ1) is 12.8. The number of anilines is 1. The quantitative estimate of drug-likeness (QED) is 0.891. The molecule has 0 saturated heterocycles. The molecule has 2 aromatic carbocycles. The Hall–Kier alpha value is -2.76. The number of halogens is 2. The molecule has 1 atom stereocenters. The fourth-order valence-electron chi connectivity index (χ4n) is 3.26. The van der Waals surface area contributed by atoms with Gasteiger partial charge in [0.15, 0.2) is 0 Å². The Kier molecular flexibility index (Phi) is 5.26. The van der Waals surface area contributed by atoms with E-state index in [2.05, 4.69) is 5.32 Å². The molecule has 0 saturated carbocycles. The maximum atomic E-state index is 14.0. The number of carbonyl (C=O) groups excluding carboxylic acids is 2. The molecule has 27 heavy (non-hydrogen) atoms. The molecule has 3 rings (SSSR count). The molecule has 142 valence electrons. The first kappa shape index (κ1) is 19.0. The minimum absolute atomic E-state index is 0.186. The van der Waals surface area contributed by atoms with E-state index >= 15 is 0 Å². The lowest BCUT2D eigenvalue weighted by molar-refractivity contribution is -0.121. The van der Waals surface area contributed by atoms with E-state index in [4.69, 9.17) is 0 Å². The maximum absolute atomic E-state index is 14.0. The van der Waals surface area contributed by atoms with Crippen molar-refractivity contribution in [3.63, 3.8) is 0 Å². The number of rotatable bonds is 4. The molecular formula is C21H22F2N2O2. The predicted octanol–water partition coefficient (Wildman–Crippen LogP) is 3.62. The maximum Gasteiger partial charge on any atom is 0.251 e. The Morgan fingerprint density at radius 1 is 1.11 bits per heavy atom. The van der Waals surface area contributed by atoms with Crippen molar-refractivity contribution in [1.82, 2.24) is 5.32 Å². The molecule has 0 spiro atoms. The van der Waals surface area contributed by atoms with Crippen LogP contribution < -0.4 is 10.2 Å². The highest BCUT2D eigenvalue weighted by atomic mass is 19.1. The first-order valence-corrected chi connectivity index (χ1v) is 8.94. The fourth-order valence-corrected chi connectivity index (χ4v) is 3.26. The molecule has 2 amide bonds. The number of fused-ring (bicyclic) bond motifs is 1. The zero-order chi connectivity index (χ0) is 19.7. The summed E-state index contributed by atoms with van der Waals surface area (Å²) in [5.74, 6) is -2.28. The van der Waals surface area contributed by atoms with Gasteiger partial charge >= 0.3 is 0 Å². The number of hydrogen-bond donors (Lipinski definition) is 1. The van der Waals surface area contributed by atoms with E-state index < -0.39 is 17.7 Å². The summed E-state index contributed by atoms with van der Waals surface area (Å²) in [7, 11) is 0. The molecule has 0 bridgehead atoms. The Morgan fingerprint density at radius 3 is 2.41 bits per heavy atom. The van der Waals surface area contributed by atoms with Crippen molar-refractivity contribution in [2.24, 2.45) is 5.92 Å². The van der Waals surface area contributed by atoms with Crippen molar-refractivity contribution in [2.45, 2.75) is 33.2 Å². The molecular weight excluding hydrogens is 350 g/mol. The summed E-state index contributed by atoms with van der Waals surface area (Å²) in [5, 5.41) is 2.77. The molecule has 1 N–H and O–H groups in total. The molecule has 6 heteroatoms. The van der Waals surface area contributed by atoms with Crippen LogP contribution in [0.4, 0.5) is 14.5 Å². The van der Waals surface area contributed by atoms with E-state index in [0.29, 0.717) is 17.5 Å². The minimum Gasteiger partial charge on any atom is -0.340 e. The topological polar surface area (TPSA) is 49.4 Å². The van der Waals surface area contributed by atoms with Crippen molar-refractivity contribution in [2.75, 3.05) is 11.4 Å². The smallest absolute Gasteiger partial charge is 0.251 e.